The second kappa shape index (κ2) is 10.00. The maximum atomic E-state index is 14.1. The van der Waals surface area contributed by atoms with Gasteiger partial charge in [-0.25, -0.2) is 17.2 Å². The second-order valence-electron chi connectivity index (χ2n) is 7.17. The molecular formula is C19H26F2IN3O2S. The van der Waals surface area contributed by atoms with Crippen LogP contribution < -0.4 is 5.32 Å². The number of benzene rings is 1. The number of likely N-dealkylation sites (tertiary alicyclic amines) is 1. The topological polar surface area (TPSA) is 61.8 Å². The lowest BCUT2D eigenvalue weighted by atomic mass is 9.97. The summed E-state index contributed by atoms with van der Waals surface area (Å²) in [5.41, 5.74) is 0.130. The average Bonchev–Trinajstić information content (AvgIpc) is 3.21. The average molecular weight is 525 g/mol. The van der Waals surface area contributed by atoms with Crippen molar-refractivity contribution in [2.45, 2.75) is 18.8 Å². The van der Waals surface area contributed by atoms with Crippen LogP contribution in [0.25, 0.3) is 0 Å². The third-order valence-corrected chi connectivity index (χ3v) is 6.96. The largest absolute Gasteiger partial charge is 0.353 e. The van der Waals surface area contributed by atoms with Crippen molar-refractivity contribution in [3.05, 3.63) is 48.1 Å². The Hall–Kier alpha value is -1.23. The molecule has 5 nitrogen and oxygen atoms in total. The van der Waals surface area contributed by atoms with Crippen molar-refractivity contribution < 1.29 is 17.2 Å². The fraction of sp³-hybridized carbons (Fsp3) is 0.526. The van der Waals surface area contributed by atoms with Crippen LogP contribution in [-0.2, 0) is 9.84 Å². The van der Waals surface area contributed by atoms with Crippen molar-refractivity contribution in [2.75, 3.05) is 37.7 Å². The first-order valence-corrected chi connectivity index (χ1v) is 11.0. The van der Waals surface area contributed by atoms with Gasteiger partial charge in [-0.2, -0.15) is 0 Å². The molecule has 9 heteroatoms. The maximum absolute atomic E-state index is 14.1. The van der Waals surface area contributed by atoms with Gasteiger partial charge in [-0.1, -0.05) is 12.1 Å². The van der Waals surface area contributed by atoms with Crippen LogP contribution in [0.3, 0.4) is 0 Å². The van der Waals surface area contributed by atoms with Crippen LogP contribution in [0.2, 0.25) is 0 Å². The fourth-order valence-electron chi connectivity index (χ4n) is 3.75. The van der Waals surface area contributed by atoms with Gasteiger partial charge in [0.15, 0.2) is 15.8 Å². The van der Waals surface area contributed by atoms with Gasteiger partial charge in [0.25, 0.3) is 0 Å². The summed E-state index contributed by atoms with van der Waals surface area (Å²) in [6.07, 6.45) is 2.97. The minimum atomic E-state index is -2.94. The maximum Gasteiger partial charge on any atom is 0.194 e. The fourth-order valence-corrected chi connectivity index (χ4v) is 5.60. The number of guanidine groups is 1. The molecule has 0 aromatic heterocycles. The molecule has 1 aromatic rings. The molecular weight excluding hydrogens is 499 g/mol. The summed E-state index contributed by atoms with van der Waals surface area (Å²) in [7, 11) is -2.94. The number of rotatable bonds is 5. The van der Waals surface area contributed by atoms with Crippen molar-refractivity contribution in [1.29, 1.82) is 0 Å². The molecule has 0 spiro atoms. The summed E-state index contributed by atoms with van der Waals surface area (Å²) < 4.78 is 51.4. The van der Waals surface area contributed by atoms with E-state index in [4.69, 9.17) is 0 Å². The van der Waals surface area contributed by atoms with E-state index in [2.05, 4.69) is 16.9 Å². The van der Waals surface area contributed by atoms with E-state index in [0.29, 0.717) is 45.0 Å². The minimum absolute atomic E-state index is 0. The van der Waals surface area contributed by atoms with E-state index in [1.165, 1.54) is 18.2 Å². The molecule has 0 aliphatic carbocycles. The lowest BCUT2D eigenvalue weighted by molar-refractivity contribution is 0.472. The first kappa shape index (κ1) is 23.1. The zero-order chi connectivity index (χ0) is 19.4. The van der Waals surface area contributed by atoms with Gasteiger partial charge in [0, 0.05) is 37.7 Å². The predicted molar refractivity (Wildman–Crippen MR) is 118 cm³/mol. The molecule has 0 radical (unpaired) electrons. The molecule has 1 N–H and O–H groups in total. The van der Waals surface area contributed by atoms with Crippen molar-refractivity contribution in [3.63, 3.8) is 0 Å². The van der Waals surface area contributed by atoms with Gasteiger partial charge in [0.2, 0.25) is 0 Å². The molecule has 3 rings (SSSR count). The Kier molecular flexibility index (Phi) is 8.23. The highest BCUT2D eigenvalue weighted by atomic mass is 127. The summed E-state index contributed by atoms with van der Waals surface area (Å²) in [6.45, 7) is 5.71. The Balaban J connectivity index is 0.00000280. The lowest BCUT2D eigenvalue weighted by Gasteiger charge is -2.22. The van der Waals surface area contributed by atoms with E-state index in [9.17, 15) is 17.2 Å². The summed E-state index contributed by atoms with van der Waals surface area (Å²) in [6, 6.07) is 3.94. The number of nitrogens with one attached hydrogen (secondary N) is 1. The lowest BCUT2D eigenvalue weighted by Crippen LogP contribution is -2.40. The number of sulfone groups is 1. The molecule has 1 aromatic carbocycles. The first-order chi connectivity index (χ1) is 12.9. The van der Waals surface area contributed by atoms with Crippen LogP contribution in [-0.4, -0.2) is 57.0 Å². The highest BCUT2D eigenvalue weighted by molar-refractivity contribution is 14.0. The van der Waals surface area contributed by atoms with E-state index in [0.717, 1.165) is 0 Å². The summed E-state index contributed by atoms with van der Waals surface area (Å²) >= 11 is 0. The van der Waals surface area contributed by atoms with Crippen LogP contribution in [0.4, 0.5) is 8.78 Å². The van der Waals surface area contributed by atoms with Gasteiger partial charge in [0.05, 0.1) is 11.5 Å². The van der Waals surface area contributed by atoms with Gasteiger partial charge in [-0.15, -0.1) is 30.6 Å². The molecule has 2 saturated heterocycles. The molecule has 2 heterocycles. The number of nitrogens with zero attached hydrogens (tertiary/aromatic N) is 2. The van der Waals surface area contributed by atoms with Crippen molar-refractivity contribution in [1.82, 2.24) is 10.2 Å². The molecule has 2 aliphatic heterocycles. The Morgan fingerprint density at radius 3 is 2.64 bits per heavy atom. The zero-order valence-corrected chi connectivity index (χ0v) is 18.8. The minimum Gasteiger partial charge on any atom is -0.353 e. The van der Waals surface area contributed by atoms with E-state index >= 15 is 0 Å². The van der Waals surface area contributed by atoms with Gasteiger partial charge < -0.3 is 10.2 Å². The highest BCUT2D eigenvalue weighted by Crippen LogP contribution is 2.31. The quantitative estimate of drug-likeness (QED) is 0.278. The van der Waals surface area contributed by atoms with Crippen LogP contribution in [0.5, 0.6) is 0 Å². The molecule has 0 amide bonds. The van der Waals surface area contributed by atoms with E-state index in [-0.39, 0.29) is 52.9 Å². The van der Waals surface area contributed by atoms with Crippen molar-refractivity contribution in [2.24, 2.45) is 10.9 Å². The van der Waals surface area contributed by atoms with Crippen LogP contribution in [0.1, 0.15) is 24.3 Å². The van der Waals surface area contributed by atoms with Gasteiger partial charge >= 0.3 is 0 Å². The van der Waals surface area contributed by atoms with E-state index in [1.807, 2.05) is 4.90 Å². The van der Waals surface area contributed by atoms with Crippen molar-refractivity contribution >= 4 is 39.8 Å². The van der Waals surface area contributed by atoms with Crippen LogP contribution in [0, 0.1) is 17.6 Å². The molecule has 2 atom stereocenters. The van der Waals surface area contributed by atoms with Crippen LogP contribution in [0.15, 0.2) is 35.8 Å². The molecule has 28 heavy (non-hydrogen) atoms. The zero-order valence-electron chi connectivity index (χ0n) is 15.6. The molecule has 156 valence electrons. The van der Waals surface area contributed by atoms with Crippen molar-refractivity contribution in [3.8, 4) is 0 Å². The molecule has 0 bridgehead atoms. The smallest absolute Gasteiger partial charge is 0.194 e. The Bertz CT molecular complexity index is 812. The third kappa shape index (κ3) is 5.65. The third-order valence-electron chi connectivity index (χ3n) is 5.13. The molecule has 2 aliphatic rings. The second-order valence-corrected chi connectivity index (χ2v) is 9.40. The SMILES string of the molecule is C=CCNC(=NCC1CCS(=O)(=O)C1)N1CCC(c2c(F)cccc2F)C1.I. The standard InChI is InChI=1S/C19H25F2N3O2S.HI/c1-2-8-22-19(23-11-14-7-10-27(25,26)13-14)24-9-6-15(12-24)18-16(20)4-3-5-17(18)21;/h2-5,14-15H,1,6-13H2,(H,22,23);1H. The summed E-state index contributed by atoms with van der Waals surface area (Å²) in [5, 5.41) is 3.18. The predicted octanol–water partition coefficient (Wildman–Crippen LogP) is 2.94. The van der Waals surface area contributed by atoms with Gasteiger partial charge in [-0.05, 0) is 30.9 Å². The number of halogens is 3. The summed E-state index contributed by atoms with van der Waals surface area (Å²) in [4.78, 5) is 6.57. The molecule has 0 saturated carbocycles. The Morgan fingerprint density at radius 2 is 2.04 bits per heavy atom. The monoisotopic (exact) mass is 525 g/mol. The Labute approximate surface area is 182 Å². The normalized spacial score (nSPS) is 24.1. The van der Waals surface area contributed by atoms with Gasteiger partial charge in [-0.3, -0.25) is 4.99 Å². The van der Waals surface area contributed by atoms with Gasteiger partial charge in [0.1, 0.15) is 11.6 Å². The van der Waals surface area contributed by atoms with E-state index in [1.54, 1.807) is 6.08 Å². The molecule has 2 unspecified atom stereocenters. The Morgan fingerprint density at radius 1 is 1.32 bits per heavy atom. The van der Waals surface area contributed by atoms with Crippen LogP contribution >= 0.6 is 24.0 Å². The van der Waals surface area contributed by atoms with E-state index < -0.39 is 21.5 Å². The highest BCUT2D eigenvalue weighted by Gasteiger charge is 2.31. The summed E-state index contributed by atoms with van der Waals surface area (Å²) in [5.74, 6) is -0.216. The number of aliphatic imine (C=N–C) groups is 1. The number of hydrogen-bond acceptors (Lipinski definition) is 3. The number of hydrogen-bond donors (Lipinski definition) is 1. The first-order valence-electron chi connectivity index (χ1n) is 9.18. The molecule has 2 fully saturated rings.